The summed E-state index contributed by atoms with van der Waals surface area (Å²) in [5, 5.41) is 3.56. The minimum absolute atomic E-state index is 0.0745. The van der Waals surface area contributed by atoms with Gasteiger partial charge in [0, 0.05) is 23.1 Å². The van der Waals surface area contributed by atoms with Crippen molar-refractivity contribution in [3.63, 3.8) is 0 Å². The molecule has 0 aliphatic carbocycles. The number of hydrogen-bond acceptors (Lipinski definition) is 5. The summed E-state index contributed by atoms with van der Waals surface area (Å²) >= 11 is 12.5. The number of sulfonamides is 1. The normalized spacial score (nSPS) is 12.1. The molecule has 0 aromatic heterocycles. The summed E-state index contributed by atoms with van der Waals surface area (Å²) in [4.78, 5) is 28.6. The van der Waals surface area contributed by atoms with E-state index in [4.69, 9.17) is 27.9 Å². The number of hydrogen-bond donors (Lipinski definition) is 1. The second-order valence-electron chi connectivity index (χ2n) is 10.2. The summed E-state index contributed by atoms with van der Waals surface area (Å²) in [6, 6.07) is 14.4. The van der Waals surface area contributed by atoms with E-state index in [0.29, 0.717) is 34.5 Å². The zero-order valence-electron chi connectivity index (χ0n) is 24.5. The van der Waals surface area contributed by atoms with E-state index in [9.17, 15) is 22.4 Å². The average molecular weight is 653 g/mol. The Labute approximate surface area is 262 Å². The number of ether oxygens (including phenoxy) is 1. The Morgan fingerprint density at radius 2 is 1.63 bits per heavy atom. The molecule has 3 aromatic rings. The van der Waals surface area contributed by atoms with Crippen LogP contribution in [0.1, 0.15) is 39.7 Å². The van der Waals surface area contributed by atoms with E-state index in [1.54, 1.807) is 19.1 Å². The lowest BCUT2D eigenvalue weighted by Gasteiger charge is -2.33. The highest BCUT2D eigenvalue weighted by Gasteiger charge is 2.34. The minimum atomic E-state index is -4.32. The molecular formula is C31H36Cl2FN3O5S. The number of anilines is 1. The van der Waals surface area contributed by atoms with E-state index >= 15 is 0 Å². The van der Waals surface area contributed by atoms with E-state index in [0.717, 1.165) is 16.4 Å². The number of carbonyl (C=O) groups is 2. The fourth-order valence-corrected chi connectivity index (χ4v) is 6.20. The van der Waals surface area contributed by atoms with Crippen LogP contribution in [-0.2, 0) is 26.2 Å². The second-order valence-corrected chi connectivity index (χ2v) is 12.9. The first-order valence-corrected chi connectivity index (χ1v) is 16.1. The predicted octanol–water partition coefficient (Wildman–Crippen LogP) is 6.31. The van der Waals surface area contributed by atoms with Gasteiger partial charge in [-0.05, 0) is 85.5 Å². The Bertz CT molecular complexity index is 1500. The Hall–Kier alpha value is -3.34. The first kappa shape index (κ1) is 34.2. The number of nitrogens with one attached hydrogen (secondary N) is 1. The molecule has 0 spiro atoms. The first-order chi connectivity index (χ1) is 20.4. The van der Waals surface area contributed by atoms with Crippen LogP contribution in [0.4, 0.5) is 10.1 Å². The van der Waals surface area contributed by atoms with Crippen molar-refractivity contribution in [2.24, 2.45) is 5.92 Å². The zero-order chi connectivity index (χ0) is 31.7. The monoisotopic (exact) mass is 651 g/mol. The first-order valence-electron chi connectivity index (χ1n) is 13.9. The highest BCUT2D eigenvalue weighted by atomic mass is 35.5. The van der Waals surface area contributed by atoms with Crippen LogP contribution in [0.25, 0.3) is 0 Å². The third-order valence-corrected chi connectivity index (χ3v) is 8.92. The van der Waals surface area contributed by atoms with Gasteiger partial charge in [0.25, 0.3) is 10.0 Å². The second kappa shape index (κ2) is 15.4. The van der Waals surface area contributed by atoms with E-state index < -0.39 is 34.3 Å². The van der Waals surface area contributed by atoms with Gasteiger partial charge in [0.2, 0.25) is 11.8 Å². The topological polar surface area (TPSA) is 96.0 Å². The molecule has 0 radical (unpaired) electrons. The maximum Gasteiger partial charge on any atom is 0.264 e. The van der Waals surface area contributed by atoms with E-state index in [1.807, 2.05) is 20.8 Å². The molecule has 232 valence electrons. The number of carbonyl (C=O) groups excluding carboxylic acids is 2. The molecule has 1 N–H and O–H groups in total. The summed E-state index contributed by atoms with van der Waals surface area (Å²) in [6.07, 6.45) is 0.253. The Kier molecular flexibility index (Phi) is 12.2. The lowest BCUT2D eigenvalue weighted by atomic mass is 10.1. The van der Waals surface area contributed by atoms with Gasteiger partial charge in [-0.3, -0.25) is 13.9 Å². The minimum Gasteiger partial charge on any atom is -0.494 e. The van der Waals surface area contributed by atoms with E-state index in [2.05, 4.69) is 5.32 Å². The Morgan fingerprint density at radius 3 is 2.19 bits per heavy atom. The molecule has 43 heavy (non-hydrogen) atoms. The Morgan fingerprint density at radius 1 is 0.977 bits per heavy atom. The molecular weight excluding hydrogens is 616 g/mol. The van der Waals surface area contributed by atoms with Gasteiger partial charge < -0.3 is 15.0 Å². The number of benzene rings is 3. The number of rotatable bonds is 14. The van der Waals surface area contributed by atoms with Crippen molar-refractivity contribution >= 4 is 50.7 Å². The summed E-state index contributed by atoms with van der Waals surface area (Å²) in [5.74, 6) is -0.950. The van der Waals surface area contributed by atoms with Crippen molar-refractivity contribution in [1.82, 2.24) is 10.2 Å². The third kappa shape index (κ3) is 9.08. The molecule has 3 aromatic carbocycles. The molecule has 0 saturated heterocycles. The molecule has 3 rings (SSSR count). The SMILES string of the molecule is CCOc1ccc(S(=O)(=O)N(CC(=O)N(Cc2ccc(Cl)cc2Cl)[C@H](CC)C(=O)NCC(C)C)c2ccc(F)cc2)cc1. The summed E-state index contributed by atoms with van der Waals surface area (Å²) in [6.45, 7) is 7.52. The largest absolute Gasteiger partial charge is 0.494 e. The van der Waals surface area contributed by atoms with Crippen LogP contribution in [-0.4, -0.2) is 50.9 Å². The lowest BCUT2D eigenvalue weighted by molar-refractivity contribution is -0.140. The van der Waals surface area contributed by atoms with Gasteiger partial charge in [0.1, 0.15) is 24.2 Å². The van der Waals surface area contributed by atoms with E-state index in [-0.39, 0.29) is 35.4 Å². The van der Waals surface area contributed by atoms with Crippen LogP contribution in [0, 0.1) is 11.7 Å². The highest BCUT2D eigenvalue weighted by Crippen LogP contribution is 2.28. The van der Waals surface area contributed by atoms with Crippen LogP contribution in [0.15, 0.2) is 71.6 Å². The molecule has 0 unspecified atom stereocenters. The summed E-state index contributed by atoms with van der Waals surface area (Å²) < 4.78 is 48.1. The Balaban J connectivity index is 2.06. The predicted molar refractivity (Wildman–Crippen MR) is 167 cm³/mol. The van der Waals surface area contributed by atoms with Crippen molar-refractivity contribution in [3.8, 4) is 5.75 Å². The lowest BCUT2D eigenvalue weighted by Crippen LogP contribution is -2.52. The van der Waals surface area contributed by atoms with Crippen molar-refractivity contribution < 1.29 is 27.1 Å². The fraction of sp³-hybridized carbons (Fsp3) is 0.355. The van der Waals surface area contributed by atoms with Crippen molar-refractivity contribution in [2.45, 2.75) is 51.6 Å². The molecule has 12 heteroatoms. The molecule has 0 fully saturated rings. The zero-order valence-corrected chi connectivity index (χ0v) is 26.8. The van der Waals surface area contributed by atoms with Gasteiger partial charge in [-0.25, -0.2) is 12.8 Å². The van der Waals surface area contributed by atoms with Crippen LogP contribution in [0.5, 0.6) is 5.75 Å². The molecule has 8 nitrogen and oxygen atoms in total. The van der Waals surface area contributed by atoms with Gasteiger partial charge >= 0.3 is 0 Å². The molecule has 0 saturated carbocycles. The van der Waals surface area contributed by atoms with Gasteiger partial charge in [-0.15, -0.1) is 0 Å². The van der Waals surface area contributed by atoms with Crippen molar-refractivity contribution in [1.29, 1.82) is 0 Å². The van der Waals surface area contributed by atoms with Crippen LogP contribution in [0.3, 0.4) is 0 Å². The molecule has 1 atom stereocenters. The maximum atomic E-state index is 14.1. The average Bonchev–Trinajstić information content (AvgIpc) is 2.96. The summed E-state index contributed by atoms with van der Waals surface area (Å²) in [7, 11) is -4.32. The number of amides is 2. The van der Waals surface area contributed by atoms with Gasteiger partial charge in [0.05, 0.1) is 17.2 Å². The van der Waals surface area contributed by atoms with Gasteiger partial charge in [0.15, 0.2) is 0 Å². The van der Waals surface area contributed by atoms with E-state index in [1.165, 1.54) is 47.4 Å². The van der Waals surface area contributed by atoms with Crippen LogP contribution >= 0.6 is 23.2 Å². The smallest absolute Gasteiger partial charge is 0.264 e. The molecule has 0 heterocycles. The third-order valence-electron chi connectivity index (χ3n) is 6.54. The van der Waals surface area contributed by atoms with Crippen LogP contribution in [0.2, 0.25) is 10.0 Å². The van der Waals surface area contributed by atoms with Crippen molar-refractivity contribution in [2.75, 3.05) is 24.0 Å². The molecule has 0 aliphatic heterocycles. The number of halogens is 3. The highest BCUT2D eigenvalue weighted by molar-refractivity contribution is 7.92. The maximum absolute atomic E-state index is 14.1. The molecule has 0 bridgehead atoms. The number of nitrogens with zero attached hydrogens (tertiary/aromatic N) is 2. The summed E-state index contributed by atoms with van der Waals surface area (Å²) in [5.41, 5.74) is 0.600. The molecule has 2 amide bonds. The van der Waals surface area contributed by atoms with Gasteiger partial charge in [-0.2, -0.15) is 0 Å². The van der Waals surface area contributed by atoms with Crippen LogP contribution < -0.4 is 14.4 Å². The quantitative estimate of drug-likeness (QED) is 0.221. The fourth-order valence-electron chi connectivity index (χ4n) is 4.31. The van der Waals surface area contributed by atoms with Crippen molar-refractivity contribution in [3.05, 3.63) is 88.2 Å². The van der Waals surface area contributed by atoms with Gasteiger partial charge in [-0.1, -0.05) is 50.0 Å². The molecule has 0 aliphatic rings. The standard InChI is InChI=1S/C31H36Cl2FN3O5S/c1-5-29(31(39)35-18-21(3)4)36(19-22-7-8-23(32)17-28(22)33)30(38)20-37(25-11-9-24(34)10-12-25)43(40,41)27-15-13-26(14-16-27)42-6-2/h7-17,21,29H,5-6,18-20H2,1-4H3,(H,35,39)/t29-/m1/s1.